The Morgan fingerprint density at radius 2 is 1.12 bits per heavy atom. The molecule has 5 aromatic carbocycles. The van der Waals surface area contributed by atoms with E-state index >= 15 is 0 Å². The Morgan fingerprint density at radius 1 is 0.608 bits per heavy atom. The van der Waals surface area contributed by atoms with Crippen LogP contribution < -0.4 is 0 Å². The number of ether oxygens (including phenoxy) is 1. The van der Waals surface area contributed by atoms with Crippen LogP contribution in [0.15, 0.2) is 142 Å². The van der Waals surface area contributed by atoms with Gasteiger partial charge in [0.1, 0.15) is 5.76 Å². The molecule has 8 rings (SSSR count). The van der Waals surface area contributed by atoms with Crippen molar-refractivity contribution in [3.8, 4) is 0 Å². The molecule has 4 nitrogen and oxygen atoms in total. The van der Waals surface area contributed by atoms with Crippen molar-refractivity contribution in [1.29, 1.82) is 0 Å². The van der Waals surface area contributed by atoms with Crippen molar-refractivity contribution >= 4 is 78.4 Å². The van der Waals surface area contributed by atoms with Gasteiger partial charge in [-0.2, -0.15) is 0 Å². The van der Waals surface area contributed by atoms with E-state index in [4.69, 9.17) is 27.9 Å². The molecule has 1 aliphatic heterocycles. The summed E-state index contributed by atoms with van der Waals surface area (Å²) in [5.74, 6) is -2.13. The monoisotopic (exact) mass is 840 g/mol. The van der Waals surface area contributed by atoms with E-state index in [2.05, 4.69) is 62.2 Å². The average molecular weight is 843 g/mol. The minimum Gasteiger partial charge on any atom is -0.426 e. The SMILES string of the molecule is ClCCl.O=C(C[C@H]1c2ccccc2[C@@H]([C@@H]2c3ccccc3[C@H]3C=C(c4ccccc4)OC(=O)[C@@H]23)[C@@H]1C(=O)c1ccc(Br)cc1)c1ccc(Br)cc1. The first kappa shape index (κ1) is 35.6. The average Bonchev–Trinajstić information content (AvgIpc) is 3.65. The van der Waals surface area contributed by atoms with Crippen LogP contribution in [-0.4, -0.2) is 22.9 Å². The third-order valence-corrected chi connectivity index (χ3v) is 11.4. The summed E-state index contributed by atoms with van der Waals surface area (Å²) in [4.78, 5) is 43.1. The second-order valence-corrected chi connectivity index (χ2v) is 15.6. The zero-order chi connectivity index (χ0) is 35.6. The number of hydrogen-bond acceptors (Lipinski definition) is 4. The maximum absolute atomic E-state index is 14.9. The molecule has 5 aromatic rings. The quantitative estimate of drug-likeness (QED) is 0.0930. The van der Waals surface area contributed by atoms with Crippen molar-refractivity contribution in [2.24, 2.45) is 11.8 Å². The number of allylic oxidation sites excluding steroid dienone is 1. The van der Waals surface area contributed by atoms with Crippen LogP contribution in [-0.2, 0) is 9.53 Å². The number of cyclic esters (lactones) is 1. The summed E-state index contributed by atoms with van der Waals surface area (Å²) < 4.78 is 7.90. The summed E-state index contributed by atoms with van der Waals surface area (Å²) in [7, 11) is 0. The summed E-state index contributed by atoms with van der Waals surface area (Å²) in [5.41, 5.74) is 6.20. The van der Waals surface area contributed by atoms with Gasteiger partial charge < -0.3 is 4.74 Å². The molecule has 0 bridgehead atoms. The van der Waals surface area contributed by atoms with Gasteiger partial charge in [-0.15, -0.1) is 23.2 Å². The highest BCUT2D eigenvalue weighted by molar-refractivity contribution is 9.10. The summed E-state index contributed by atoms with van der Waals surface area (Å²) in [6.45, 7) is 0. The predicted octanol–water partition coefficient (Wildman–Crippen LogP) is 11.7. The minimum atomic E-state index is -0.577. The number of halogens is 4. The normalized spacial score (nSPS) is 22.7. The van der Waals surface area contributed by atoms with E-state index in [1.807, 2.05) is 103 Å². The number of benzene rings is 5. The highest BCUT2D eigenvalue weighted by atomic mass is 79.9. The minimum absolute atomic E-state index is 0.0197. The zero-order valence-corrected chi connectivity index (χ0v) is 31.9. The number of alkyl halides is 2. The van der Waals surface area contributed by atoms with E-state index in [0.29, 0.717) is 16.9 Å². The van der Waals surface area contributed by atoms with Crippen LogP contribution >= 0.6 is 55.1 Å². The van der Waals surface area contributed by atoms with Gasteiger partial charge in [-0.05, 0) is 52.6 Å². The van der Waals surface area contributed by atoms with Gasteiger partial charge in [-0.1, -0.05) is 135 Å². The van der Waals surface area contributed by atoms with Crippen molar-refractivity contribution < 1.29 is 19.1 Å². The van der Waals surface area contributed by atoms with Crippen molar-refractivity contribution in [3.63, 3.8) is 0 Å². The Labute approximate surface area is 324 Å². The van der Waals surface area contributed by atoms with Gasteiger partial charge in [0.15, 0.2) is 11.6 Å². The molecule has 256 valence electrons. The number of fused-ring (bicyclic) bond motifs is 4. The number of carbonyl (C=O) groups excluding carboxylic acids is 3. The number of Topliss-reactive ketones (excluding diaryl/α,β-unsaturated/α-hetero) is 2. The van der Waals surface area contributed by atoms with E-state index in [9.17, 15) is 14.4 Å². The molecule has 3 aliphatic rings. The first-order chi connectivity index (χ1) is 24.8. The van der Waals surface area contributed by atoms with Crippen LogP contribution in [0.2, 0.25) is 0 Å². The smallest absolute Gasteiger partial charge is 0.315 e. The van der Waals surface area contributed by atoms with Gasteiger partial charge in [-0.3, -0.25) is 14.4 Å². The van der Waals surface area contributed by atoms with E-state index in [1.165, 1.54) is 0 Å². The first-order valence-corrected chi connectivity index (χ1v) is 19.3. The predicted molar refractivity (Wildman–Crippen MR) is 209 cm³/mol. The van der Waals surface area contributed by atoms with Crippen molar-refractivity contribution in [2.45, 2.75) is 30.1 Å². The van der Waals surface area contributed by atoms with Crippen LogP contribution in [0.4, 0.5) is 0 Å². The fourth-order valence-electron chi connectivity index (χ4n) is 8.31. The molecule has 51 heavy (non-hydrogen) atoms. The largest absolute Gasteiger partial charge is 0.426 e. The van der Waals surface area contributed by atoms with Gasteiger partial charge in [0.25, 0.3) is 0 Å². The summed E-state index contributed by atoms with van der Waals surface area (Å²) in [6, 6.07) is 40.9. The Kier molecular flexibility index (Phi) is 10.8. The molecular formula is C43H32Br2Cl2O4. The van der Waals surface area contributed by atoms with Gasteiger partial charge in [0.05, 0.1) is 11.3 Å². The molecule has 2 aliphatic carbocycles. The van der Waals surface area contributed by atoms with Crippen LogP contribution in [0.25, 0.3) is 5.76 Å². The van der Waals surface area contributed by atoms with Gasteiger partial charge >= 0.3 is 5.97 Å². The van der Waals surface area contributed by atoms with Gasteiger partial charge in [0.2, 0.25) is 0 Å². The number of carbonyl (C=O) groups is 3. The maximum Gasteiger partial charge on any atom is 0.315 e. The fraction of sp³-hybridized carbons (Fsp3) is 0.186. The van der Waals surface area contributed by atoms with Crippen molar-refractivity contribution in [1.82, 2.24) is 0 Å². The van der Waals surface area contributed by atoms with Crippen LogP contribution in [0.3, 0.4) is 0 Å². The standard InChI is InChI=1S/C42H30Br2O4.CH2Cl2/c43-27-18-14-24(15-19-27)35(45)22-33-29-10-4-6-12-31(29)37(39(33)41(46)26-16-20-28(44)21-17-26)38-32-13-7-5-11-30(32)34-23-36(48-42(47)40(34)38)25-8-2-1-3-9-25;2-1-3/h1-21,23,33-34,37-40H,22H2;1H2/t33-,34+,37-,38-,39+,40+;/m0./s1. The highest BCUT2D eigenvalue weighted by Crippen LogP contribution is 2.63. The summed E-state index contributed by atoms with van der Waals surface area (Å²) in [5, 5.41) is 0.194. The number of esters is 1. The van der Waals surface area contributed by atoms with E-state index in [1.54, 1.807) is 0 Å². The second-order valence-electron chi connectivity index (χ2n) is 12.9. The van der Waals surface area contributed by atoms with Gasteiger partial charge in [0, 0.05) is 61.6 Å². The lowest BCUT2D eigenvalue weighted by atomic mass is 9.68. The van der Waals surface area contributed by atoms with Crippen LogP contribution in [0.1, 0.15) is 78.6 Å². The van der Waals surface area contributed by atoms with Crippen LogP contribution in [0.5, 0.6) is 0 Å². The molecule has 0 amide bonds. The van der Waals surface area contributed by atoms with E-state index in [0.717, 1.165) is 36.8 Å². The third-order valence-electron chi connectivity index (χ3n) is 10.3. The van der Waals surface area contributed by atoms with Crippen molar-refractivity contribution in [3.05, 3.63) is 181 Å². The molecule has 0 fully saturated rings. The van der Waals surface area contributed by atoms with Gasteiger partial charge in [-0.25, -0.2) is 0 Å². The highest BCUT2D eigenvalue weighted by Gasteiger charge is 2.57. The lowest BCUT2D eigenvalue weighted by molar-refractivity contribution is -0.143. The molecule has 0 saturated heterocycles. The number of rotatable bonds is 7. The lowest BCUT2D eigenvalue weighted by Crippen LogP contribution is -2.34. The molecule has 0 radical (unpaired) electrons. The molecule has 0 aromatic heterocycles. The van der Waals surface area contributed by atoms with E-state index in [-0.39, 0.29) is 53.0 Å². The Morgan fingerprint density at radius 3 is 1.73 bits per heavy atom. The summed E-state index contributed by atoms with van der Waals surface area (Å²) >= 11 is 16.5. The molecule has 0 N–H and O–H groups in total. The topological polar surface area (TPSA) is 60.4 Å². The molecule has 0 saturated carbocycles. The molecule has 1 heterocycles. The molecule has 0 spiro atoms. The fourth-order valence-corrected chi connectivity index (χ4v) is 8.84. The Hall–Kier alpha value is -3.81. The first-order valence-electron chi connectivity index (χ1n) is 16.7. The lowest BCUT2D eigenvalue weighted by Gasteiger charge is -2.34. The van der Waals surface area contributed by atoms with Crippen molar-refractivity contribution in [2.75, 3.05) is 5.34 Å². The van der Waals surface area contributed by atoms with Crippen LogP contribution in [0, 0.1) is 11.8 Å². The maximum atomic E-state index is 14.9. The second kappa shape index (κ2) is 15.4. The number of hydrogen-bond donors (Lipinski definition) is 0. The molecule has 6 atom stereocenters. The third kappa shape index (κ3) is 6.92. The summed E-state index contributed by atoms with van der Waals surface area (Å²) in [6.07, 6.45) is 2.26. The zero-order valence-electron chi connectivity index (χ0n) is 27.2. The molecule has 8 heteroatoms. The van der Waals surface area contributed by atoms with E-state index < -0.39 is 11.8 Å². The molecule has 0 unspecified atom stereocenters. The Bertz CT molecular complexity index is 2110. The molecular weight excluding hydrogens is 811 g/mol. The Balaban J connectivity index is 0.00000131. The number of ketones is 2.